The summed E-state index contributed by atoms with van der Waals surface area (Å²) in [5, 5.41) is 1.09. The maximum absolute atomic E-state index is 13.5. The van der Waals surface area contributed by atoms with Crippen molar-refractivity contribution >= 4 is 39.9 Å². The van der Waals surface area contributed by atoms with Crippen LogP contribution in [0.2, 0.25) is 10.0 Å². The molecule has 2 aliphatic rings. The molecule has 3 aromatic rings. The first-order valence-corrected chi connectivity index (χ1v) is 16.2. The minimum atomic E-state index is -0.979. The van der Waals surface area contributed by atoms with Gasteiger partial charge in [0, 0.05) is 29.2 Å². The van der Waals surface area contributed by atoms with Crippen LogP contribution < -0.4 is 0 Å². The fourth-order valence-corrected chi connectivity index (χ4v) is 7.58. The number of amides is 1. The van der Waals surface area contributed by atoms with Crippen LogP contribution in [0.15, 0.2) is 71.6 Å². The zero-order valence-electron chi connectivity index (χ0n) is 22.6. The van der Waals surface area contributed by atoms with Crippen molar-refractivity contribution in [1.82, 2.24) is 9.80 Å². The molecule has 1 amide bonds. The summed E-state index contributed by atoms with van der Waals surface area (Å²) in [6, 6.07) is 22.1. The van der Waals surface area contributed by atoms with Gasteiger partial charge >= 0.3 is 0 Å². The fraction of sp³-hybridized carbons (Fsp3) is 0.406. The average molecular weight is 584 g/mol. The largest absolute Gasteiger partial charge is 0.331 e. The highest BCUT2D eigenvalue weighted by Crippen LogP contribution is 2.46. The first-order valence-electron chi connectivity index (χ1n) is 13.9. The predicted octanol–water partition coefficient (Wildman–Crippen LogP) is 7.69. The number of carbonyl (C=O) groups excluding carboxylic acids is 1. The topological polar surface area (TPSA) is 40.6 Å². The molecule has 3 aromatic carbocycles. The van der Waals surface area contributed by atoms with Crippen LogP contribution in [-0.2, 0) is 10.8 Å². The Balaban J connectivity index is 1.37. The van der Waals surface area contributed by atoms with E-state index in [9.17, 15) is 9.00 Å². The summed E-state index contributed by atoms with van der Waals surface area (Å²) in [4.78, 5) is 19.0. The first-order chi connectivity index (χ1) is 18.9. The van der Waals surface area contributed by atoms with Gasteiger partial charge in [-0.25, -0.2) is 0 Å². The van der Waals surface area contributed by atoms with Crippen LogP contribution in [0.3, 0.4) is 0 Å². The van der Waals surface area contributed by atoms with Crippen molar-refractivity contribution in [2.45, 2.75) is 55.4 Å². The van der Waals surface area contributed by atoms with Crippen molar-refractivity contribution < 1.29 is 9.00 Å². The smallest absolute Gasteiger partial charge is 0.254 e. The lowest BCUT2D eigenvalue weighted by Crippen LogP contribution is -2.37. The minimum absolute atomic E-state index is 0.0326. The van der Waals surface area contributed by atoms with E-state index in [1.807, 2.05) is 42.5 Å². The van der Waals surface area contributed by atoms with Crippen molar-refractivity contribution in [3.8, 4) is 0 Å². The van der Waals surface area contributed by atoms with E-state index in [4.69, 9.17) is 23.2 Å². The van der Waals surface area contributed by atoms with Crippen molar-refractivity contribution in [1.29, 1.82) is 0 Å². The molecular formula is C32H36Cl2N2O2S. The zero-order chi connectivity index (χ0) is 27.5. The molecule has 2 aliphatic heterocycles. The quantitative estimate of drug-likeness (QED) is 0.259. The second-order valence-corrected chi connectivity index (χ2v) is 12.9. The molecule has 1 fully saturated rings. The lowest BCUT2D eigenvalue weighted by molar-refractivity contribution is 0.0690. The minimum Gasteiger partial charge on any atom is -0.331 e. The molecule has 0 radical (unpaired) electrons. The van der Waals surface area contributed by atoms with Crippen LogP contribution in [0.5, 0.6) is 0 Å². The van der Waals surface area contributed by atoms with E-state index >= 15 is 0 Å². The Hall–Kier alpha value is -2.18. The normalized spacial score (nSPS) is 19.7. The molecule has 39 heavy (non-hydrogen) atoms. The summed E-state index contributed by atoms with van der Waals surface area (Å²) in [7, 11) is -0.979. The van der Waals surface area contributed by atoms with Crippen molar-refractivity contribution in [2.24, 2.45) is 0 Å². The molecule has 1 saturated heterocycles. The Morgan fingerprint density at radius 2 is 1.62 bits per heavy atom. The third-order valence-electron chi connectivity index (χ3n) is 8.34. The number of fused-ring (bicyclic) bond motifs is 1. The standard InChI is InChI=1S/C32H36Cl2N2O2S/c1-3-17-36-31(26-9-4-5-10-27(26)32(36)37)25(23-12-13-28(33)29(34)21-23)16-20-35-18-14-22(15-19-35)24-8-6-7-11-30(24)39(2)38/h4-13,21-22,25,31H,3,14-20H2,1-2H3. The Morgan fingerprint density at radius 3 is 2.31 bits per heavy atom. The molecule has 0 spiro atoms. The number of hydrogen-bond donors (Lipinski definition) is 0. The molecule has 4 nitrogen and oxygen atoms in total. The summed E-state index contributed by atoms with van der Waals surface area (Å²) in [5.41, 5.74) is 4.28. The van der Waals surface area contributed by atoms with Crippen LogP contribution in [-0.4, -0.2) is 52.4 Å². The number of hydrogen-bond acceptors (Lipinski definition) is 3. The number of halogens is 2. The molecule has 0 bridgehead atoms. The van der Waals surface area contributed by atoms with Gasteiger partial charge in [0.05, 0.1) is 26.9 Å². The maximum atomic E-state index is 13.5. The number of likely N-dealkylation sites (tertiary alicyclic amines) is 1. The summed E-state index contributed by atoms with van der Waals surface area (Å²) in [6.07, 6.45) is 5.69. The van der Waals surface area contributed by atoms with Crippen molar-refractivity contribution in [2.75, 3.05) is 32.4 Å². The first kappa shape index (κ1) is 28.4. The van der Waals surface area contributed by atoms with E-state index < -0.39 is 10.8 Å². The number of nitrogens with zero attached hydrogens (tertiary/aromatic N) is 2. The van der Waals surface area contributed by atoms with Crippen molar-refractivity contribution in [3.05, 3.63) is 99.0 Å². The Kier molecular flexibility index (Phi) is 9.13. The van der Waals surface area contributed by atoms with Gasteiger partial charge in [-0.1, -0.05) is 72.6 Å². The second kappa shape index (κ2) is 12.6. The summed E-state index contributed by atoms with van der Waals surface area (Å²) in [6.45, 7) is 5.79. The van der Waals surface area contributed by atoms with E-state index in [2.05, 4.69) is 41.0 Å². The van der Waals surface area contributed by atoms with E-state index in [-0.39, 0.29) is 17.9 Å². The van der Waals surface area contributed by atoms with Gasteiger partial charge in [0.15, 0.2) is 0 Å². The predicted molar refractivity (Wildman–Crippen MR) is 162 cm³/mol. The molecule has 0 aliphatic carbocycles. The molecule has 7 heteroatoms. The number of benzene rings is 3. The van der Waals surface area contributed by atoms with Gasteiger partial charge in [0.1, 0.15) is 0 Å². The van der Waals surface area contributed by atoms with Crippen LogP contribution in [0.4, 0.5) is 0 Å². The number of piperidine rings is 1. The molecule has 3 atom stereocenters. The second-order valence-electron chi connectivity index (χ2n) is 10.7. The Morgan fingerprint density at radius 1 is 0.923 bits per heavy atom. The SMILES string of the molecule is CCCN1C(=O)c2ccccc2C1C(CCN1CCC(c2ccccc2S(C)=O)CC1)c1ccc(Cl)c(Cl)c1. The molecule has 3 unspecified atom stereocenters. The van der Waals surface area contributed by atoms with Crippen LogP contribution in [0.25, 0.3) is 0 Å². The average Bonchev–Trinajstić information content (AvgIpc) is 3.22. The van der Waals surface area contributed by atoms with Gasteiger partial charge in [0.2, 0.25) is 0 Å². The highest BCUT2D eigenvalue weighted by atomic mass is 35.5. The maximum Gasteiger partial charge on any atom is 0.254 e. The third-order valence-corrected chi connectivity index (χ3v) is 10.1. The van der Waals surface area contributed by atoms with E-state index in [1.165, 1.54) is 5.56 Å². The van der Waals surface area contributed by atoms with Crippen LogP contribution >= 0.6 is 23.2 Å². The molecular weight excluding hydrogens is 547 g/mol. The molecule has 0 N–H and O–H groups in total. The highest BCUT2D eigenvalue weighted by molar-refractivity contribution is 7.84. The van der Waals surface area contributed by atoms with E-state index in [0.29, 0.717) is 16.0 Å². The van der Waals surface area contributed by atoms with Crippen molar-refractivity contribution in [3.63, 3.8) is 0 Å². The van der Waals surface area contributed by atoms with E-state index in [0.717, 1.165) is 73.4 Å². The Labute approximate surface area is 244 Å². The monoisotopic (exact) mass is 582 g/mol. The zero-order valence-corrected chi connectivity index (χ0v) is 24.9. The van der Waals surface area contributed by atoms with E-state index in [1.54, 1.807) is 6.26 Å². The van der Waals surface area contributed by atoms with Gasteiger partial charge in [-0.15, -0.1) is 0 Å². The van der Waals surface area contributed by atoms with Gasteiger partial charge < -0.3 is 9.80 Å². The summed E-state index contributed by atoms with van der Waals surface area (Å²) >= 11 is 12.8. The van der Waals surface area contributed by atoms with Crippen LogP contribution in [0, 0.1) is 0 Å². The summed E-state index contributed by atoms with van der Waals surface area (Å²) in [5.74, 6) is 0.654. The third kappa shape index (κ3) is 5.97. The van der Waals surface area contributed by atoms with Crippen LogP contribution in [0.1, 0.15) is 77.5 Å². The molecule has 0 saturated carbocycles. The molecule has 206 valence electrons. The molecule has 2 heterocycles. The van der Waals surface area contributed by atoms with Gasteiger partial charge in [-0.2, -0.15) is 0 Å². The highest BCUT2D eigenvalue weighted by Gasteiger charge is 2.41. The lowest BCUT2D eigenvalue weighted by Gasteiger charge is -2.36. The van der Waals surface area contributed by atoms with Gasteiger partial charge in [-0.05, 0) is 92.2 Å². The lowest BCUT2D eigenvalue weighted by atomic mass is 9.83. The molecule has 0 aromatic heterocycles. The fourth-order valence-electron chi connectivity index (χ4n) is 6.43. The Bertz CT molecular complexity index is 1360. The molecule has 5 rings (SSSR count). The van der Waals surface area contributed by atoms with Gasteiger partial charge in [0.25, 0.3) is 5.91 Å². The number of rotatable bonds is 9. The number of carbonyl (C=O) groups is 1. The summed E-state index contributed by atoms with van der Waals surface area (Å²) < 4.78 is 12.3. The van der Waals surface area contributed by atoms with Gasteiger partial charge in [-0.3, -0.25) is 9.00 Å².